The molecule has 102 valence electrons. The number of aryl methyl sites for hydroxylation is 1. The lowest BCUT2D eigenvalue weighted by molar-refractivity contribution is -0.385. The van der Waals surface area contributed by atoms with Gasteiger partial charge in [0.15, 0.2) is 5.78 Å². The molecule has 0 saturated heterocycles. The number of nitrogens with zero attached hydrogens (tertiary/aromatic N) is 2. The Morgan fingerprint density at radius 1 is 1.35 bits per heavy atom. The van der Waals surface area contributed by atoms with Crippen molar-refractivity contribution in [1.29, 1.82) is 0 Å². The van der Waals surface area contributed by atoms with Crippen LogP contribution in [0.15, 0.2) is 36.5 Å². The minimum Gasteiger partial charge on any atom is -0.431 e. The molecule has 0 fully saturated rings. The molecule has 0 N–H and O–H groups in total. The molecule has 1 aromatic heterocycles. The van der Waals surface area contributed by atoms with E-state index in [0.717, 1.165) is 5.56 Å². The van der Waals surface area contributed by atoms with Crippen molar-refractivity contribution in [3.8, 4) is 11.6 Å². The summed E-state index contributed by atoms with van der Waals surface area (Å²) < 4.78 is 5.44. The van der Waals surface area contributed by atoms with Crippen molar-refractivity contribution in [3.05, 3.63) is 57.8 Å². The van der Waals surface area contributed by atoms with Crippen molar-refractivity contribution in [2.45, 2.75) is 13.8 Å². The zero-order valence-corrected chi connectivity index (χ0v) is 11.0. The second-order valence-corrected chi connectivity index (χ2v) is 4.24. The molecule has 1 heterocycles. The van der Waals surface area contributed by atoms with E-state index in [2.05, 4.69) is 4.98 Å². The van der Waals surface area contributed by atoms with E-state index in [1.54, 1.807) is 25.1 Å². The number of ketones is 1. The first-order valence-electron chi connectivity index (χ1n) is 5.88. The molecule has 0 atom stereocenters. The standard InChI is InChI=1S/C14H12N2O4/c1-9-5-6-13(12(8-9)16(18)19)20-14-11(10(2)17)4-3-7-15-14/h3-8H,1-2H3. The zero-order chi connectivity index (χ0) is 14.7. The quantitative estimate of drug-likeness (QED) is 0.484. The first-order chi connectivity index (χ1) is 9.49. The highest BCUT2D eigenvalue weighted by Gasteiger charge is 2.18. The fraction of sp³-hybridized carbons (Fsp3) is 0.143. The highest BCUT2D eigenvalue weighted by molar-refractivity contribution is 5.96. The van der Waals surface area contributed by atoms with Crippen LogP contribution in [0.3, 0.4) is 0 Å². The summed E-state index contributed by atoms with van der Waals surface area (Å²) in [6.07, 6.45) is 1.46. The van der Waals surface area contributed by atoms with Crippen molar-refractivity contribution >= 4 is 11.5 Å². The number of ether oxygens (including phenoxy) is 1. The second-order valence-electron chi connectivity index (χ2n) is 4.24. The van der Waals surface area contributed by atoms with Crippen LogP contribution >= 0.6 is 0 Å². The van der Waals surface area contributed by atoms with Gasteiger partial charge in [-0.15, -0.1) is 0 Å². The van der Waals surface area contributed by atoms with Gasteiger partial charge in [0, 0.05) is 12.3 Å². The molecule has 0 amide bonds. The molecule has 0 unspecified atom stereocenters. The Kier molecular flexibility index (Phi) is 3.74. The van der Waals surface area contributed by atoms with E-state index in [9.17, 15) is 14.9 Å². The Morgan fingerprint density at radius 2 is 2.10 bits per heavy atom. The maximum Gasteiger partial charge on any atom is 0.311 e. The highest BCUT2D eigenvalue weighted by atomic mass is 16.6. The van der Waals surface area contributed by atoms with E-state index in [1.165, 1.54) is 25.3 Å². The van der Waals surface area contributed by atoms with Crippen LogP contribution in [0.4, 0.5) is 5.69 Å². The first kappa shape index (κ1) is 13.7. The number of Topliss-reactive ketones (excluding diaryl/α,β-unsaturated/α-hetero) is 1. The number of carbonyl (C=O) groups excluding carboxylic acids is 1. The molecule has 6 nitrogen and oxygen atoms in total. The van der Waals surface area contributed by atoms with Gasteiger partial charge in [-0.3, -0.25) is 14.9 Å². The SMILES string of the molecule is CC(=O)c1cccnc1Oc1ccc(C)cc1[N+](=O)[O-]. The van der Waals surface area contributed by atoms with Gasteiger partial charge in [0.25, 0.3) is 0 Å². The number of benzene rings is 1. The summed E-state index contributed by atoms with van der Waals surface area (Å²) in [6.45, 7) is 3.13. The summed E-state index contributed by atoms with van der Waals surface area (Å²) in [4.78, 5) is 25.9. The molecule has 1 aromatic carbocycles. The minimum atomic E-state index is -0.529. The Morgan fingerprint density at radius 3 is 2.75 bits per heavy atom. The van der Waals surface area contributed by atoms with Gasteiger partial charge >= 0.3 is 5.69 Å². The summed E-state index contributed by atoms with van der Waals surface area (Å²) >= 11 is 0. The molecule has 0 bridgehead atoms. The molecule has 0 aliphatic rings. The molecule has 0 spiro atoms. The van der Waals surface area contributed by atoms with Gasteiger partial charge in [0.05, 0.1) is 10.5 Å². The van der Waals surface area contributed by atoms with E-state index in [4.69, 9.17) is 4.74 Å². The van der Waals surface area contributed by atoms with E-state index in [-0.39, 0.29) is 28.7 Å². The lowest BCUT2D eigenvalue weighted by Gasteiger charge is -2.08. The molecule has 2 aromatic rings. The van der Waals surface area contributed by atoms with Gasteiger partial charge in [-0.05, 0) is 37.6 Å². The lowest BCUT2D eigenvalue weighted by atomic mass is 10.2. The summed E-state index contributed by atoms with van der Waals surface area (Å²) in [7, 11) is 0. The van der Waals surface area contributed by atoms with Crippen LogP contribution in [0.1, 0.15) is 22.8 Å². The average Bonchev–Trinajstić information content (AvgIpc) is 2.41. The smallest absolute Gasteiger partial charge is 0.311 e. The van der Waals surface area contributed by atoms with E-state index < -0.39 is 4.92 Å². The van der Waals surface area contributed by atoms with Crippen LogP contribution in [0, 0.1) is 17.0 Å². The molecular weight excluding hydrogens is 260 g/mol. The highest BCUT2D eigenvalue weighted by Crippen LogP contribution is 2.32. The number of rotatable bonds is 4. The van der Waals surface area contributed by atoms with Gasteiger partial charge < -0.3 is 4.74 Å². The molecule has 2 rings (SSSR count). The van der Waals surface area contributed by atoms with Crippen molar-refractivity contribution in [2.75, 3.05) is 0 Å². The van der Waals surface area contributed by atoms with E-state index in [1.807, 2.05) is 0 Å². The second kappa shape index (κ2) is 5.48. The number of nitro groups is 1. The minimum absolute atomic E-state index is 0.0572. The monoisotopic (exact) mass is 272 g/mol. The largest absolute Gasteiger partial charge is 0.431 e. The first-order valence-corrected chi connectivity index (χ1v) is 5.88. The maximum absolute atomic E-state index is 11.5. The van der Waals surface area contributed by atoms with Crippen molar-refractivity contribution in [1.82, 2.24) is 4.98 Å². The third-order valence-corrected chi connectivity index (χ3v) is 2.67. The van der Waals surface area contributed by atoms with Crippen LogP contribution in [0.2, 0.25) is 0 Å². The predicted molar refractivity (Wildman–Crippen MR) is 72.1 cm³/mol. The molecule has 0 aliphatic heterocycles. The lowest BCUT2D eigenvalue weighted by Crippen LogP contribution is -2.01. The van der Waals surface area contributed by atoms with Crippen molar-refractivity contribution in [3.63, 3.8) is 0 Å². The normalized spacial score (nSPS) is 10.1. The van der Waals surface area contributed by atoms with Crippen molar-refractivity contribution in [2.24, 2.45) is 0 Å². The van der Waals surface area contributed by atoms with E-state index >= 15 is 0 Å². The van der Waals surface area contributed by atoms with Gasteiger partial charge in [-0.1, -0.05) is 6.07 Å². The van der Waals surface area contributed by atoms with Crippen LogP contribution in [-0.4, -0.2) is 15.7 Å². The van der Waals surface area contributed by atoms with Gasteiger partial charge in [-0.2, -0.15) is 0 Å². The topological polar surface area (TPSA) is 82.3 Å². The Balaban J connectivity index is 2.45. The molecule has 0 radical (unpaired) electrons. The number of aromatic nitrogens is 1. The van der Waals surface area contributed by atoms with Crippen LogP contribution in [0.5, 0.6) is 11.6 Å². The number of carbonyl (C=O) groups is 1. The predicted octanol–water partition coefficient (Wildman–Crippen LogP) is 3.29. The zero-order valence-electron chi connectivity index (χ0n) is 11.0. The Labute approximate surface area is 115 Å². The molecule has 0 aliphatic carbocycles. The number of hydrogen-bond acceptors (Lipinski definition) is 5. The van der Waals surface area contributed by atoms with Crippen LogP contribution in [0.25, 0.3) is 0 Å². The Hall–Kier alpha value is -2.76. The molecule has 6 heteroatoms. The molecule has 0 saturated carbocycles. The maximum atomic E-state index is 11.5. The number of nitro benzene ring substituents is 1. The summed E-state index contributed by atoms with van der Waals surface area (Å²) in [5.41, 5.74) is 0.865. The third kappa shape index (κ3) is 2.80. The van der Waals surface area contributed by atoms with Gasteiger partial charge in [-0.25, -0.2) is 4.98 Å². The van der Waals surface area contributed by atoms with Crippen LogP contribution < -0.4 is 4.74 Å². The fourth-order valence-corrected chi connectivity index (χ4v) is 1.70. The number of hydrogen-bond donors (Lipinski definition) is 0. The summed E-state index contributed by atoms with van der Waals surface area (Å²) in [5, 5.41) is 11.0. The third-order valence-electron chi connectivity index (χ3n) is 2.67. The molecule has 20 heavy (non-hydrogen) atoms. The average molecular weight is 272 g/mol. The summed E-state index contributed by atoms with van der Waals surface area (Å²) in [5.74, 6) is -0.100. The molecular formula is C14H12N2O4. The van der Waals surface area contributed by atoms with E-state index in [0.29, 0.717) is 0 Å². The summed E-state index contributed by atoms with van der Waals surface area (Å²) in [6, 6.07) is 7.76. The van der Waals surface area contributed by atoms with Gasteiger partial charge in [0.1, 0.15) is 0 Å². The Bertz CT molecular complexity index is 683. The number of pyridine rings is 1. The fourth-order valence-electron chi connectivity index (χ4n) is 1.70. The van der Waals surface area contributed by atoms with Gasteiger partial charge in [0.2, 0.25) is 11.6 Å². The van der Waals surface area contributed by atoms with Crippen LogP contribution in [-0.2, 0) is 0 Å². The van der Waals surface area contributed by atoms with Crippen molar-refractivity contribution < 1.29 is 14.5 Å².